The molecule has 0 aliphatic heterocycles. The summed E-state index contributed by atoms with van der Waals surface area (Å²) in [6, 6.07) is 5.85. The summed E-state index contributed by atoms with van der Waals surface area (Å²) in [7, 11) is 3.16. The fourth-order valence-electron chi connectivity index (χ4n) is 4.04. The summed E-state index contributed by atoms with van der Waals surface area (Å²) in [5.41, 5.74) is 1.15. The Labute approximate surface area is 194 Å². The molecule has 180 valence electrons. The smallest absolute Gasteiger partial charge is 0.332 e. The molecule has 0 aliphatic rings. The Morgan fingerprint density at radius 3 is 2.24 bits per heavy atom. The van der Waals surface area contributed by atoms with E-state index in [2.05, 4.69) is 18.7 Å². The number of imidazole rings is 1. The Kier molecular flexibility index (Phi) is 7.97. The van der Waals surface area contributed by atoms with Gasteiger partial charge in [0.1, 0.15) is 5.82 Å². The minimum atomic E-state index is -0.382. The van der Waals surface area contributed by atoms with Gasteiger partial charge in [0, 0.05) is 33.6 Å². The number of benzene rings is 1. The lowest BCUT2D eigenvalue weighted by Crippen LogP contribution is -2.38. The number of likely N-dealkylation sites (N-methyl/N-ethyl adjacent to an activating group) is 1. The lowest BCUT2D eigenvalue weighted by atomic mass is 10.1. The molecule has 0 aliphatic carbocycles. The normalized spacial score (nSPS) is 11.5. The summed E-state index contributed by atoms with van der Waals surface area (Å²) in [5, 5.41) is 0. The maximum absolute atomic E-state index is 13.1. The van der Waals surface area contributed by atoms with E-state index in [1.54, 1.807) is 7.05 Å². The van der Waals surface area contributed by atoms with Crippen LogP contribution in [0.1, 0.15) is 39.1 Å². The number of hydrogen-bond acceptors (Lipinski definition) is 6. The maximum Gasteiger partial charge on any atom is 0.332 e. The van der Waals surface area contributed by atoms with E-state index < -0.39 is 0 Å². The number of fused-ring (bicyclic) bond motifs is 1. The van der Waals surface area contributed by atoms with Crippen LogP contribution in [-0.4, -0.2) is 56.4 Å². The molecular formula is C24H35N5O4. The van der Waals surface area contributed by atoms with Gasteiger partial charge in [0.2, 0.25) is 0 Å². The van der Waals surface area contributed by atoms with Gasteiger partial charge in [-0.3, -0.25) is 13.9 Å². The van der Waals surface area contributed by atoms with Crippen molar-refractivity contribution in [2.24, 2.45) is 14.1 Å². The van der Waals surface area contributed by atoms with Gasteiger partial charge in [-0.05, 0) is 44.6 Å². The molecule has 0 N–H and O–H groups in total. The third-order valence-corrected chi connectivity index (χ3v) is 5.93. The molecule has 3 rings (SSSR count). The van der Waals surface area contributed by atoms with Crippen LogP contribution in [0.15, 0.2) is 27.8 Å². The minimum Gasteiger partial charge on any atom is -0.490 e. The molecule has 0 radical (unpaired) electrons. The average molecular weight is 458 g/mol. The highest BCUT2D eigenvalue weighted by Crippen LogP contribution is 2.29. The van der Waals surface area contributed by atoms with Crippen LogP contribution in [-0.2, 0) is 27.1 Å². The Hall–Kier alpha value is -3.07. The zero-order valence-corrected chi connectivity index (χ0v) is 20.6. The van der Waals surface area contributed by atoms with Crippen LogP contribution in [0.5, 0.6) is 11.5 Å². The summed E-state index contributed by atoms with van der Waals surface area (Å²) in [6.07, 6.45) is 0.497. The molecule has 0 amide bonds. The highest BCUT2D eigenvalue weighted by molar-refractivity contribution is 5.71. The molecule has 3 aromatic rings. The van der Waals surface area contributed by atoms with Crippen LogP contribution in [0.4, 0.5) is 0 Å². The standard InChI is InChI=1S/C24H35N5O4/c1-7-28(8-2)13-14-29-20(25-22-21(29)23(30)27(6)24(31)26(22)5)16-17-11-12-18(32-9-3)19(15-17)33-10-4/h11-12,15H,7-10,13-14,16H2,1-6H3. The Bertz CT molecular complexity index is 1220. The van der Waals surface area contributed by atoms with E-state index in [4.69, 9.17) is 14.5 Å². The van der Waals surface area contributed by atoms with E-state index in [0.29, 0.717) is 48.8 Å². The fraction of sp³-hybridized carbons (Fsp3) is 0.542. The average Bonchev–Trinajstić information content (AvgIpc) is 3.17. The molecule has 0 fully saturated rings. The second-order valence-electron chi connectivity index (χ2n) is 7.91. The predicted octanol–water partition coefficient (Wildman–Crippen LogP) is 2.16. The van der Waals surface area contributed by atoms with Crippen LogP contribution in [0.25, 0.3) is 11.2 Å². The third-order valence-electron chi connectivity index (χ3n) is 5.93. The van der Waals surface area contributed by atoms with Crippen molar-refractivity contribution in [2.45, 2.75) is 40.7 Å². The summed E-state index contributed by atoms with van der Waals surface area (Å²) >= 11 is 0. The summed E-state index contributed by atoms with van der Waals surface area (Å²) in [5.74, 6) is 2.13. The summed E-state index contributed by atoms with van der Waals surface area (Å²) < 4.78 is 16.0. The highest BCUT2D eigenvalue weighted by atomic mass is 16.5. The van der Waals surface area contributed by atoms with Crippen molar-refractivity contribution < 1.29 is 9.47 Å². The Morgan fingerprint density at radius 2 is 1.61 bits per heavy atom. The fourth-order valence-corrected chi connectivity index (χ4v) is 4.04. The van der Waals surface area contributed by atoms with Gasteiger partial charge in [-0.25, -0.2) is 9.78 Å². The van der Waals surface area contributed by atoms with Crippen LogP contribution in [0.2, 0.25) is 0 Å². The highest BCUT2D eigenvalue weighted by Gasteiger charge is 2.20. The second-order valence-corrected chi connectivity index (χ2v) is 7.91. The van der Waals surface area contributed by atoms with Crippen molar-refractivity contribution in [3.8, 4) is 11.5 Å². The van der Waals surface area contributed by atoms with Gasteiger partial charge >= 0.3 is 5.69 Å². The number of aryl methyl sites for hydroxylation is 1. The predicted molar refractivity (Wildman–Crippen MR) is 130 cm³/mol. The number of rotatable bonds is 11. The molecule has 9 nitrogen and oxygen atoms in total. The monoisotopic (exact) mass is 457 g/mol. The number of aromatic nitrogens is 4. The van der Waals surface area contributed by atoms with Gasteiger partial charge in [0.05, 0.1) is 13.2 Å². The largest absolute Gasteiger partial charge is 0.490 e. The first kappa shape index (κ1) is 24.6. The van der Waals surface area contributed by atoms with Gasteiger partial charge in [-0.1, -0.05) is 19.9 Å². The second kappa shape index (κ2) is 10.7. The number of ether oxygens (including phenoxy) is 2. The van der Waals surface area contributed by atoms with Crippen LogP contribution >= 0.6 is 0 Å². The number of nitrogens with zero attached hydrogens (tertiary/aromatic N) is 5. The zero-order chi connectivity index (χ0) is 24.1. The van der Waals surface area contributed by atoms with E-state index in [1.807, 2.05) is 36.6 Å². The molecule has 33 heavy (non-hydrogen) atoms. The van der Waals surface area contributed by atoms with E-state index in [-0.39, 0.29) is 11.2 Å². The zero-order valence-electron chi connectivity index (χ0n) is 20.6. The van der Waals surface area contributed by atoms with Crippen molar-refractivity contribution in [1.29, 1.82) is 0 Å². The molecule has 0 spiro atoms. The maximum atomic E-state index is 13.1. The molecule has 0 atom stereocenters. The van der Waals surface area contributed by atoms with Crippen molar-refractivity contribution in [3.63, 3.8) is 0 Å². The quantitative estimate of drug-likeness (QED) is 0.439. The molecular weight excluding hydrogens is 422 g/mol. The van der Waals surface area contributed by atoms with Crippen LogP contribution < -0.4 is 20.7 Å². The molecule has 2 aromatic heterocycles. The minimum absolute atomic E-state index is 0.326. The van der Waals surface area contributed by atoms with Crippen molar-refractivity contribution in [3.05, 3.63) is 50.4 Å². The lowest BCUT2D eigenvalue weighted by molar-refractivity contribution is 0.287. The molecule has 1 aromatic carbocycles. The first-order valence-electron chi connectivity index (χ1n) is 11.6. The van der Waals surface area contributed by atoms with Gasteiger partial charge in [-0.2, -0.15) is 0 Å². The Morgan fingerprint density at radius 1 is 0.939 bits per heavy atom. The van der Waals surface area contributed by atoms with Crippen LogP contribution in [0, 0.1) is 0 Å². The molecule has 2 heterocycles. The van der Waals surface area contributed by atoms with E-state index >= 15 is 0 Å². The van der Waals surface area contributed by atoms with E-state index in [1.165, 1.54) is 11.6 Å². The molecule has 0 unspecified atom stereocenters. The topological polar surface area (TPSA) is 83.5 Å². The van der Waals surface area contributed by atoms with Gasteiger partial charge in [0.15, 0.2) is 22.7 Å². The van der Waals surface area contributed by atoms with Crippen LogP contribution in [0.3, 0.4) is 0 Å². The molecule has 0 bridgehead atoms. The van der Waals surface area contributed by atoms with Gasteiger partial charge in [-0.15, -0.1) is 0 Å². The first-order valence-corrected chi connectivity index (χ1v) is 11.6. The van der Waals surface area contributed by atoms with Gasteiger partial charge in [0.25, 0.3) is 5.56 Å². The number of hydrogen-bond donors (Lipinski definition) is 0. The summed E-state index contributed by atoms with van der Waals surface area (Å²) in [4.78, 5) is 32.6. The van der Waals surface area contributed by atoms with E-state index in [0.717, 1.165) is 35.6 Å². The first-order chi connectivity index (χ1) is 15.9. The van der Waals surface area contributed by atoms with Crippen molar-refractivity contribution >= 4 is 11.2 Å². The van der Waals surface area contributed by atoms with Crippen molar-refractivity contribution in [1.82, 2.24) is 23.6 Å². The molecule has 9 heteroatoms. The van der Waals surface area contributed by atoms with Crippen molar-refractivity contribution in [2.75, 3.05) is 32.8 Å². The lowest BCUT2D eigenvalue weighted by Gasteiger charge is -2.19. The third kappa shape index (κ3) is 4.98. The SMILES string of the molecule is CCOc1ccc(Cc2nc3c(c(=O)n(C)c(=O)n3C)n2CCN(CC)CC)cc1OCC. The molecule has 0 saturated carbocycles. The van der Waals surface area contributed by atoms with Gasteiger partial charge < -0.3 is 18.9 Å². The Balaban J connectivity index is 2.11. The summed E-state index contributed by atoms with van der Waals surface area (Å²) in [6.45, 7) is 12.4. The molecule has 0 saturated heterocycles. The van der Waals surface area contributed by atoms with E-state index in [9.17, 15) is 9.59 Å².